The van der Waals surface area contributed by atoms with Crippen LogP contribution in [0.25, 0.3) is 6.08 Å². The number of allylic oxidation sites excluding steroid dienone is 1. The Morgan fingerprint density at radius 1 is 1.39 bits per heavy atom. The Morgan fingerprint density at radius 3 is 2.50 bits per heavy atom. The summed E-state index contributed by atoms with van der Waals surface area (Å²) in [6, 6.07) is 4.43. The van der Waals surface area contributed by atoms with Crippen LogP contribution in [0.2, 0.25) is 0 Å². The van der Waals surface area contributed by atoms with Crippen LogP contribution in [0, 0.1) is 20.2 Å². The summed E-state index contributed by atoms with van der Waals surface area (Å²) in [5, 5.41) is 21.7. The number of benzene rings is 1. The molecule has 0 saturated carbocycles. The molecule has 0 amide bonds. The molecule has 1 aromatic rings. The van der Waals surface area contributed by atoms with Crippen molar-refractivity contribution in [2.45, 2.75) is 13.3 Å². The average Bonchev–Trinajstić information content (AvgIpc) is 2.34. The molecule has 0 saturated heterocycles. The summed E-state index contributed by atoms with van der Waals surface area (Å²) in [4.78, 5) is 20.5. The fourth-order valence-electron chi connectivity index (χ4n) is 1.48. The molecular weight excluding hydrogens is 240 g/mol. The van der Waals surface area contributed by atoms with Gasteiger partial charge in [-0.05, 0) is 12.1 Å². The van der Waals surface area contributed by atoms with Gasteiger partial charge in [0.1, 0.15) is 0 Å². The third-order valence-corrected chi connectivity index (χ3v) is 2.35. The molecule has 1 aromatic carbocycles. The molecule has 7 heteroatoms. The molecule has 0 heterocycles. The van der Waals surface area contributed by atoms with Gasteiger partial charge in [0, 0.05) is 12.5 Å². The number of nitrogens with zero attached hydrogens (tertiary/aromatic N) is 2. The number of nitro benzene ring substituents is 1. The van der Waals surface area contributed by atoms with Crippen LogP contribution < -0.4 is 4.74 Å². The lowest BCUT2D eigenvalue weighted by molar-refractivity contribution is -0.425. The molecule has 7 nitrogen and oxygen atoms in total. The Hall–Kier alpha value is -2.44. The summed E-state index contributed by atoms with van der Waals surface area (Å²) in [7, 11) is 1.31. The second-order valence-electron chi connectivity index (χ2n) is 3.40. The molecule has 0 spiro atoms. The van der Waals surface area contributed by atoms with Crippen molar-refractivity contribution in [1.29, 1.82) is 0 Å². The van der Waals surface area contributed by atoms with E-state index in [0.717, 1.165) is 0 Å². The lowest BCUT2D eigenvalue weighted by Crippen LogP contribution is -2.00. The highest BCUT2D eigenvalue weighted by Crippen LogP contribution is 2.32. The van der Waals surface area contributed by atoms with Crippen molar-refractivity contribution in [1.82, 2.24) is 0 Å². The lowest BCUT2D eigenvalue weighted by Gasteiger charge is -2.03. The first-order chi connectivity index (χ1) is 8.51. The minimum atomic E-state index is -0.613. The molecule has 18 heavy (non-hydrogen) atoms. The van der Waals surface area contributed by atoms with Crippen LogP contribution in [-0.4, -0.2) is 17.0 Å². The maximum atomic E-state index is 11.0. The normalized spacial score (nSPS) is 11.1. The zero-order valence-electron chi connectivity index (χ0n) is 9.95. The smallest absolute Gasteiger partial charge is 0.318 e. The van der Waals surface area contributed by atoms with E-state index in [2.05, 4.69) is 0 Å². The predicted octanol–water partition coefficient (Wildman–Crippen LogP) is 2.63. The van der Waals surface area contributed by atoms with Gasteiger partial charge in [-0.15, -0.1) is 0 Å². The zero-order valence-corrected chi connectivity index (χ0v) is 9.95. The van der Waals surface area contributed by atoms with Gasteiger partial charge in [-0.1, -0.05) is 13.0 Å². The van der Waals surface area contributed by atoms with Crippen molar-refractivity contribution in [3.05, 3.63) is 49.7 Å². The maximum Gasteiger partial charge on any atom is 0.318 e. The van der Waals surface area contributed by atoms with Gasteiger partial charge in [0.25, 0.3) is 0 Å². The number of methoxy groups -OCH3 is 1. The molecule has 0 N–H and O–H groups in total. The summed E-state index contributed by atoms with van der Waals surface area (Å²) in [6.07, 6.45) is 1.38. The molecule has 0 atom stereocenters. The van der Waals surface area contributed by atoms with Crippen molar-refractivity contribution >= 4 is 11.8 Å². The predicted molar refractivity (Wildman–Crippen MR) is 64.9 cm³/mol. The first-order valence-electron chi connectivity index (χ1n) is 5.17. The molecule has 0 radical (unpaired) electrons. The van der Waals surface area contributed by atoms with Crippen LogP contribution in [-0.2, 0) is 0 Å². The minimum Gasteiger partial charge on any atom is -0.490 e. The molecule has 0 aliphatic heterocycles. The molecule has 0 fully saturated rings. The molecule has 0 bridgehead atoms. The third-order valence-electron chi connectivity index (χ3n) is 2.35. The topological polar surface area (TPSA) is 95.5 Å². The lowest BCUT2D eigenvalue weighted by atomic mass is 10.1. The Bertz CT molecular complexity index is 510. The van der Waals surface area contributed by atoms with Crippen molar-refractivity contribution < 1.29 is 14.6 Å². The van der Waals surface area contributed by atoms with Gasteiger partial charge in [0.05, 0.1) is 22.5 Å². The van der Waals surface area contributed by atoms with Gasteiger partial charge < -0.3 is 4.74 Å². The highest BCUT2D eigenvalue weighted by molar-refractivity contribution is 5.67. The van der Waals surface area contributed by atoms with E-state index in [-0.39, 0.29) is 29.1 Å². The molecular formula is C11H12N2O5. The zero-order chi connectivity index (χ0) is 13.7. The number of para-hydroxylation sites is 1. The summed E-state index contributed by atoms with van der Waals surface area (Å²) in [5.74, 6) is 0.0764. The van der Waals surface area contributed by atoms with E-state index in [4.69, 9.17) is 4.74 Å². The van der Waals surface area contributed by atoms with Crippen molar-refractivity contribution in [2.24, 2.45) is 0 Å². The Kier molecular flexibility index (Phi) is 4.36. The fraction of sp³-hybridized carbons (Fsp3) is 0.273. The molecule has 0 unspecified atom stereocenters. The van der Waals surface area contributed by atoms with Crippen LogP contribution in [0.15, 0.2) is 23.9 Å². The van der Waals surface area contributed by atoms with Crippen LogP contribution in [0.4, 0.5) is 5.69 Å². The van der Waals surface area contributed by atoms with Gasteiger partial charge in [-0.2, -0.15) is 0 Å². The number of hydrogen-bond donors (Lipinski definition) is 0. The summed E-state index contributed by atoms with van der Waals surface area (Å²) in [5.41, 5.74) is -0.202. The van der Waals surface area contributed by atoms with E-state index in [1.165, 1.54) is 25.3 Å². The van der Waals surface area contributed by atoms with E-state index in [0.29, 0.717) is 0 Å². The second-order valence-corrected chi connectivity index (χ2v) is 3.40. The van der Waals surface area contributed by atoms with E-state index < -0.39 is 9.85 Å². The SMILES string of the molecule is CC/C(=C/c1cccc(OC)c1[N+](=O)[O-])[N+](=O)[O-]. The first kappa shape index (κ1) is 13.6. The fourth-order valence-corrected chi connectivity index (χ4v) is 1.48. The number of hydrogen-bond acceptors (Lipinski definition) is 5. The van der Waals surface area contributed by atoms with Gasteiger partial charge >= 0.3 is 5.69 Å². The maximum absolute atomic E-state index is 11.0. The van der Waals surface area contributed by atoms with Gasteiger partial charge in [0.2, 0.25) is 5.70 Å². The van der Waals surface area contributed by atoms with Crippen LogP contribution in [0.3, 0.4) is 0 Å². The minimum absolute atomic E-state index is 0.0764. The number of nitro groups is 2. The standard InChI is InChI=1S/C11H12N2O5/c1-3-9(12(14)15)7-8-5-4-6-10(18-2)11(8)13(16)17/h4-7H,3H2,1-2H3/b9-7-. The van der Waals surface area contributed by atoms with Crippen LogP contribution in [0.1, 0.15) is 18.9 Å². The molecule has 0 aliphatic carbocycles. The Balaban J connectivity index is 3.41. The van der Waals surface area contributed by atoms with Crippen LogP contribution >= 0.6 is 0 Å². The molecule has 0 aliphatic rings. The highest BCUT2D eigenvalue weighted by atomic mass is 16.6. The van der Waals surface area contributed by atoms with Gasteiger partial charge in [-0.3, -0.25) is 20.2 Å². The summed E-state index contributed by atoms with van der Waals surface area (Å²) in [6.45, 7) is 1.61. The van der Waals surface area contributed by atoms with E-state index in [1.807, 2.05) is 0 Å². The van der Waals surface area contributed by atoms with Crippen molar-refractivity contribution in [2.75, 3.05) is 7.11 Å². The quantitative estimate of drug-likeness (QED) is 0.592. The first-order valence-corrected chi connectivity index (χ1v) is 5.17. The van der Waals surface area contributed by atoms with Crippen LogP contribution in [0.5, 0.6) is 5.75 Å². The Morgan fingerprint density at radius 2 is 2.06 bits per heavy atom. The van der Waals surface area contributed by atoms with Crippen molar-refractivity contribution in [3.63, 3.8) is 0 Å². The monoisotopic (exact) mass is 252 g/mol. The molecule has 1 rings (SSSR count). The van der Waals surface area contributed by atoms with Gasteiger partial charge in [0.15, 0.2) is 5.75 Å². The Labute approximate surface area is 103 Å². The van der Waals surface area contributed by atoms with E-state index in [1.54, 1.807) is 13.0 Å². The number of rotatable bonds is 5. The third kappa shape index (κ3) is 2.82. The molecule has 96 valence electrons. The summed E-state index contributed by atoms with van der Waals surface area (Å²) < 4.78 is 4.88. The summed E-state index contributed by atoms with van der Waals surface area (Å²) >= 11 is 0. The number of ether oxygens (including phenoxy) is 1. The van der Waals surface area contributed by atoms with Gasteiger partial charge in [-0.25, -0.2) is 0 Å². The van der Waals surface area contributed by atoms with E-state index in [9.17, 15) is 20.2 Å². The van der Waals surface area contributed by atoms with E-state index >= 15 is 0 Å². The van der Waals surface area contributed by atoms with Crippen molar-refractivity contribution in [3.8, 4) is 5.75 Å². The second kappa shape index (κ2) is 5.76. The average molecular weight is 252 g/mol. The molecule has 0 aromatic heterocycles. The largest absolute Gasteiger partial charge is 0.490 e. The highest BCUT2D eigenvalue weighted by Gasteiger charge is 2.21.